The van der Waals surface area contributed by atoms with Gasteiger partial charge in [-0.15, -0.1) is 0 Å². The number of nitrogens with one attached hydrogen (secondary N) is 2. The number of aliphatic hydroxyl groups is 1. The van der Waals surface area contributed by atoms with Crippen LogP contribution in [-0.2, 0) is 30.9 Å². The van der Waals surface area contributed by atoms with Crippen molar-refractivity contribution in [1.82, 2.24) is 15.1 Å². The number of aliphatic hydroxyl groups excluding tert-OH is 1. The highest BCUT2D eigenvalue weighted by atomic mass is 32.2. The Morgan fingerprint density at radius 1 is 1.25 bits per heavy atom. The summed E-state index contributed by atoms with van der Waals surface area (Å²) < 4.78 is 38.3. The van der Waals surface area contributed by atoms with Crippen LogP contribution in [0.25, 0.3) is 5.69 Å². The molecule has 0 bridgehead atoms. The molecule has 2 amide bonds. The number of rotatable bonds is 5. The van der Waals surface area contributed by atoms with Gasteiger partial charge < -0.3 is 15.7 Å². The Bertz CT molecular complexity index is 1010. The van der Waals surface area contributed by atoms with Gasteiger partial charge in [-0.1, -0.05) is 6.92 Å². The summed E-state index contributed by atoms with van der Waals surface area (Å²) in [5, 5.41) is 18.2. The fourth-order valence-corrected chi connectivity index (χ4v) is 4.33. The summed E-state index contributed by atoms with van der Waals surface area (Å²) >= 11 is 0. The van der Waals surface area contributed by atoms with Crippen molar-refractivity contribution in [1.29, 1.82) is 0 Å². The maximum absolute atomic E-state index is 13.2. The van der Waals surface area contributed by atoms with E-state index in [-0.39, 0.29) is 29.6 Å². The van der Waals surface area contributed by atoms with E-state index in [0.717, 1.165) is 0 Å². The molecule has 1 atom stereocenters. The van der Waals surface area contributed by atoms with E-state index in [0.29, 0.717) is 17.7 Å². The zero-order valence-corrected chi connectivity index (χ0v) is 15.8. The van der Waals surface area contributed by atoms with E-state index < -0.39 is 33.5 Å². The highest BCUT2D eigenvalue weighted by molar-refractivity contribution is 7.90. The third-order valence-corrected chi connectivity index (χ3v) is 5.79. The van der Waals surface area contributed by atoms with Crippen LogP contribution in [0, 0.1) is 5.82 Å². The lowest BCUT2D eigenvalue weighted by molar-refractivity contribution is -0.136. The average molecular weight is 410 g/mol. The second-order valence-electron chi connectivity index (χ2n) is 6.41. The maximum Gasteiger partial charge on any atom is 0.314 e. The second kappa shape index (κ2) is 7.68. The number of sulfone groups is 1. The van der Waals surface area contributed by atoms with E-state index in [4.69, 9.17) is 5.11 Å². The topological polar surface area (TPSA) is 130 Å². The van der Waals surface area contributed by atoms with Crippen LogP contribution in [0.2, 0.25) is 0 Å². The van der Waals surface area contributed by atoms with E-state index >= 15 is 0 Å². The molecule has 0 saturated carbocycles. The normalized spacial score (nSPS) is 15.7. The Morgan fingerprint density at radius 2 is 1.93 bits per heavy atom. The minimum Gasteiger partial charge on any atom is -0.394 e. The van der Waals surface area contributed by atoms with Crippen molar-refractivity contribution in [3.05, 3.63) is 41.3 Å². The summed E-state index contributed by atoms with van der Waals surface area (Å²) in [4.78, 5) is 24.4. The molecule has 0 radical (unpaired) electrons. The first-order chi connectivity index (χ1) is 13.2. The van der Waals surface area contributed by atoms with Crippen LogP contribution in [0.15, 0.2) is 24.3 Å². The average Bonchev–Trinajstić information content (AvgIpc) is 3.12. The third-order valence-electron chi connectivity index (χ3n) is 4.35. The van der Waals surface area contributed by atoms with Crippen LogP contribution >= 0.6 is 0 Å². The largest absolute Gasteiger partial charge is 0.394 e. The van der Waals surface area contributed by atoms with Crippen LogP contribution in [0.3, 0.4) is 0 Å². The molecular weight excluding hydrogens is 391 g/mol. The van der Waals surface area contributed by atoms with Crippen molar-refractivity contribution in [2.45, 2.75) is 30.9 Å². The van der Waals surface area contributed by atoms with Gasteiger partial charge >= 0.3 is 11.8 Å². The first-order valence-electron chi connectivity index (χ1n) is 8.54. The third kappa shape index (κ3) is 4.04. The summed E-state index contributed by atoms with van der Waals surface area (Å²) in [6.07, 6.45) is 0.427. The van der Waals surface area contributed by atoms with E-state index in [2.05, 4.69) is 15.7 Å². The monoisotopic (exact) mass is 410 g/mol. The molecule has 1 aromatic heterocycles. The summed E-state index contributed by atoms with van der Waals surface area (Å²) in [5.41, 5.74) is 0.951. The molecule has 1 aromatic carbocycles. The summed E-state index contributed by atoms with van der Waals surface area (Å²) in [6, 6.07) is 4.65. The van der Waals surface area contributed by atoms with Gasteiger partial charge in [0.25, 0.3) is 0 Å². The minimum absolute atomic E-state index is 0.0416. The minimum atomic E-state index is -3.39. The molecule has 28 heavy (non-hydrogen) atoms. The summed E-state index contributed by atoms with van der Waals surface area (Å²) in [6.45, 7) is 1.41. The lowest BCUT2D eigenvalue weighted by Crippen LogP contribution is -2.43. The summed E-state index contributed by atoms with van der Waals surface area (Å²) in [5.74, 6) is -3.03. The van der Waals surface area contributed by atoms with Crippen molar-refractivity contribution in [3.8, 4) is 5.69 Å². The quantitative estimate of drug-likeness (QED) is 0.607. The van der Waals surface area contributed by atoms with E-state index in [9.17, 15) is 22.4 Å². The molecule has 0 aliphatic carbocycles. The highest BCUT2D eigenvalue weighted by Crippen LogP contribution is 2.32. The maximum atomic E-state index is 13.2. The molecule has 0 fully saturated rings. The second-order valence-corrected chi connectivity index (χ2v) is 8.47. The van der Waals surface area contributed by atoms with Crippen LogP contribution in [0.1, 0.15) is 24.6 Å². The van der Waals surface area contributed by atoms with E-state index in [1.807, 2.05) is 0 Å². The first kappa shape index (κ1) is 20.0. The van der Waals surface area contributed by atoms with Crippen LogP contribution in [0.4, 0.5) is 10.2 Å². The van der Waals surface area contributed by atoms with Gasteiger partial charge in [-0.2, -0.15) is 5.10 Å². The molecule has 3 rings (SSSR count). The number of benzene rings is 1. The van der Waals surface area contributed by atoms with Crippen molar-refractivity contribution in [2.75, 3.05) is 11.9 Å². The van der Waals surface area contributed by atoms with Crippen LogP contribution < -0.4 is 10.6 Å². The molecule has 3 N–H and O–H groups in total. The van der Waals surface area contributed by atoms with Gasteiger partial charge in [-0.25, -0.2) is 17.5 Å². The van der Waals surface area contributed by atoms with Gasteiger partial charge in [-0.3, -0.25) is 9.59 Å². The lowest BCUT2D eigenvalue weighted by atomic mass is 10.2. The smallest absolute Gasteiger partial charge is 0.314 e. The Kier molecular flexibility index (Phi) is 5.47. The SMILES string of the molecule is CCC(CO)NC(=O)C(=O)Nc1c2c(nn1-c1ccc(F)cc1)CS(=O)(=O)C2. The van der Waals surface area contributed by atoms with Crippen LogP contribution in [-0.4, -0.2) is 47.8 Å². The zero-order chi connectivity index (χ0) is 20.5. The van der Waals surface area contributed by atoms with Crippen molar-refractivity contribution in [2.24, 2.45) is 0 Å². The van der Waals surface area contributed by atoms with Gasteiger partial charge in [0, 0.05) is 5.56 Å². The molecule has 2 heterocycles. The number of fused-ring (bicyclic) bond motifs is 1. The Balaban J connectivity index is 1.94. The molecule has 11 heteroatoms. The number of halogens is 1. The van der Waals surface area contributed by atoms with Gasteiger partial charge in [0.15, 0.2) is 9.84 Å². The fourth-order valence-electron chi connectivity index (χ4n) is 2.83. The van der Waals surface area contributed by atoms with Gasteiger partial charge in [0.05, 0.1) is 35.5 Å². The zero-order valence-electron chi connectivity index (χ0n) is 15.0. The fraction of sp³-hybridized carbons (Fsp3) is 0.353. The predicted molar refractivity (Wildman–Crippen MR) is 97.8 cm³/mol. The number of hydrogen-bond acceptors (Lipinski definition) is 6. The molecule has 0 spiro atoms. The van der Waals surface area contributed by atoms with Crippen LogP contribution in [0.5, 0.6) is 0 Å². The number of carbonyl (C=O) groups excluding carboxylic acids is 2. The van der Waals surface area contributed by atoms with Gasteiger partial charge in [0.1, 0.15) is 11.6 Å². The lowest BCUT2D eigenvalue weighted by Gasteiger charge is -2.14. The standard InChI is InChI=1S/C17H19FN4O5S/c1-2-11(7-23)19-16(24)17(25)20-15-13-8-28(26,27)9-14(13)21-22(15)12-5-3-10(18)4-6-12/h3-6,11,23H,2,7-9H2,1H3,(H,19,24)(H,20,25). The Labute approximate surface area is 160 Å². The molecule has 1 aliphatic heterocycles. The molecule has 9 nitrogen and oxygen atoms in total. The van der Waals surface area contributed by atoms with E-state index in [1.54, 1.807) is 6.92 Å². The molecule has 1 unspecified atom stereocenters. The molecule has 150 valence electrons. The number of aromatic nitrogens is 2. The molecule has 1 aliphatic rings. The number of nitrogens with zero attached hydrogens (tertiary/aromatic N) is 2. The van der Waals surface area contributed by atoms with Crippen molar-refractivity contribution < 1.29 is 27.5 Å². The molecule has 0 saturated heterocycles. The molecule has 2 aromatic rings. The Hall–Kier alpha value is -2.79. The predicted octanol–water partition coefficient (Wildman–Crippen LogP) is 0.265. The first-order valence-corrected chi connectivity index (χ1v) is 10.4. The number of anilines is 1. The number of carbonyl (C=O) groups is 2. The number of hydrogen-bond donors (Lipinski definition) is 3. The van der Waals surface area contributed by atoms with E-state index in [1.165, 1.54) is 28.9 Å². The van der Waals surface area contributed by atoms with Gasteiger partial charge in [-0.05, 0) is 30.7 Å². The van der Waals surface area contributed by atoms with Gasteiger partial charge in [0.2, 0.25) is 0 Å². The van der Waals surface area contributed by atoms with Crippen molar-refractivity contribution in [3.63, 3.8) is 0 Å². The number of amides is 2. The summed E-state index contributed by atoms with van der Waals surface area (Å²) in [7, 11) is -3.39. The van der Waals surface area contributed by atoms with Crippen molar-refractivity contribution >= 4 is 27.5 Å². The molecular formula is C17H19FN4O5S. The highest BCUT2D eigenvalue weighted by Gasteiger charge is 2.34. The Morgan fingerprint density at radius 3 is 2.54 bits per heavy atom.